The molecule has 0 aromatic heterocycles. The van der Waals surface area contributed by atoms with Crippen LogP contribution in [-0.2, 0) is 0 Å². The van der Waals surface area contributed by atoms with E-state index in [4.69, 9.17) is 22.6 Å². The van der Waals surface area contributed by atoms with Crippen molar-refractivity contribution in [3.63, 3.8) is 0 Å². The molecule has 1 heterocycles. The topological polar surface area (TPSA) is 53.0 Å². The molecule has 1 aromatic carbocycles. The Kier molecular flexibility index (Phi) is 3.88. The number of hydrogen-bond donors (Lipinski definition) is 1. The minimum atomic E-state index is 0.533. The quantitative estimate of drug-likeness (QED) is 0.876. The van der Waals surface area contributed by atoms with E-state index in [9.17, 15) is 0 Å². The molecule has 90 valence electrons. The van der Waals surface area contributed by atoms with E-state index in [0.29, 0.717) is 16.5 Å². The van der Waals surface area contributed by atoms with Gasteiger partial charge in [-0.3, -0.25) is 0 Å². The molecule has 0 atom stereocenters. The predicted molar refractivity (Wildman–Crippen MR) is 70.2 cm³/mol. The minimum absolute atomic E-state index is 0.533. The Morgan fingerprint density at radius 2 is 2.12 bits per heavy atom. The van der Waals surface area contributed by atoms with Gasteiger partial charge >= 0.3 is 0 Å². The van der Waals surface area contributed by atoms with Gasteiger partial charge in [-0.1, -0.05) is 11.6 Å². The summed E-state index contributed by atoms with van der Waals surface area (Å²) in [5.74, 6) is 0.653. The Hall–Kier alpha value is -1.24. The summed E-state index contributed by atoms with van der Waals surface area (Å²) in [6, 6.07) is 7.70. The van der Waals surface area contributed by atoms with Crippen LogP contribution in [-0.4, -0.2) is 19.6 Å². The monoisotopic (exact) mass is 249 g/mol. The molecule has 0 aliphatic carbocycles. The van der Waals surface area contributed by atoms with Crippen molar-refractivity contribution in [1.29, 1.82) is 5.26 Å². The van der Waals surface area contributed by atoms with Gasteiger partial charge in [-0.2, -0.15) is 5.26 Å². The van der Waals surface area contributed by atoms with Gasteiger partial charge in [-0.05, 0) is 43.5 Å². The summed E-state index contributed by atoms with van der Waals surface area (Å²) in [4.78, 5) is 2.30. The second-order valence-electron chi connectivity index (χ2n) is 4.44. The van der Waals surface area contributed by atoms with Crippen LogP contribution < -0.4 is 10.6 Å². The Morgan fingerprint density at radius 3 is 2.65 bits per heavy atom. The van der Waals surface area contributed by atoms with Gasteiger partial charge in [0.25, 0.3) is 0 Å². The van der Waals surface area contributed by atoms with E-state index in [2.05, 4.69) is 11.0 Å². The van der Waals surface area contributed by atoms with Crippen LogP contribution >= 0.6 is 11.6 Å². The summed E-state index contributed by atoms with van der Waals surface area (Å²) in [6.07, 6.45) is 2.27. The molecular formula is C13H16ClN3. The summed E-state index contributed by atoms with van der Waals surface area (Å²) in [5, 5.41) is 9.36. The fourth-order valence-corrected chi connectivity index (χ4v) is 2.44. The van der Waals surface area contributed by atoms with Crippen LogP contribution in [0.2, 0.25) is 5.02 Å². The van der Waals surface area contributed by atoms with E-state index in [0.717, 1.165) is 38.2 Å². The van der Waals surface area contributed by atoms with Crippen molar-refractivity contribution in [2.24, 2.45) is 11.7 Å². The lowest BCUT2D eigenvalue weighted by molar-refractivity contribution is 0.414. The molecule has 3 nitrogen and oxygen atoms in total. The Labute approximate surface area is 107 Å². The van der Waals surface area contributed by atoms with Gasteiger partial charge in [0, 0.05) is 18.8 Å². The van der Waals surface area contributed by atoms with Gasteiger partial charge in [0.2, 0.25) is 0 Å². The van der Waals surface area contributed by atoms with Crippen molar-refractivity contribution in [3.8, 4) is 6.07 Å². The second-order valence-corrected chi connectivity index (χ2v) is 4.85. The lowest BCUT2D eigenvalue weighted by Crippen LogP contribution is -2.36. The fourth-order valence-electron chi connectivity index (χ4n) is 2.22. The average Bonchev–Trinajstić information content (AvgIpc) is 2.39. The molecular weight excluding hydrogens is 234 g/mol. The number of anilines is 1. The molecule has 0 unspecified atom stereocenters. The van der Waals surface area contributed by atoms with E-state index in [1.165, 1.54) is 0 Å². The Balaban J connectivity index is 2.09. The van der Waals surface area contributed by atoms with Crippen LogP contribution in [0.15, 0.2) is 18.2 Å². The van der Waals surface area contributed by atoms with Crippen molar-refractivity contribution in [3.05, 3.63) is 28.8 Å². The van der Waals surface area contributed by atoms with Gasteiger partial charge in [0.05, 0.1) is 10.6 Å². The highest BCUT2D eigenvalue weighted by Crippen LogP contribution is 2.26. The number of nitrogens with zero attached hydrogens (tertiary/aromatic N) is 2. The van der Waals surface area contributed by atoms with Gasteiger partial charge in [-0.25, -0.2) is 0 Å². The first-order valence-corrected chi connectivity index (χ1v) is 6.27. The number of halogens is 1. The van der Waals surface area contributed by atoms with Crippen LogP contribution in [0.25, 0.3) is 0 Å². The highest BCUT2D eigenvalue weighted by molar-refractivity contribution is 6.32. The maximum Gasteiger partial charge on any atom is 0.101 e. The molecule has 2 rings (SSSR count). The number of benzene rings is 1. The third-order valence-corrected chi connectivity index (χ3v) is 3.70. The zero-order chi connectivity index (χ0) is 12.3. The minimum Gasteiger partial charge on any atom is -0.371 e. The van der Waals surface area contributed by atoms with Crippen LogP contribution in [0.1, 0.15) is 18.4 Å². The Bertz CT molecular complexity index is 431. The van der Waals surface area contributed by atoms with E-state index >= 15 is 0 Å². The summed E-state index contributed by atoms with van der Waals surface area (Å²) in [6.45, 7) is 2.82. The lowest BCUT2D eigenvalue weighted by atomic mass is 9.96. The van der Waals surface area contributed by atoms with E-state index in [1.54, 1.807) is 6.07 Å². The van der Waals surface area contributed by atoms with Gasteiger partial charge in [-0.15, -0.1) is 0 Å². The van der Waals surface area contributed by atoms with Crippen molar-refractivity contribution in [1.82, 2.24) is 0 Å². The third kappa shape index (κ3) is 2.71. The van der Waals surface area contributed by atoms with Gasteiger partial charge in [0.1, 0.15) is 6.07 Å². The zero-order valence-corrected chi connectivity index (χ0v) is 10.5. The van der Waals surface area contributed by atoms with Crippen LogP contribution in [0, 0.1) is 17.2 Å². The average molecular weight is 250 g/mol. The summed E-state index contributed by atoms with van der Waals surface area (Å²) >= 11 is 6.04. The SMILES string of the molecule is N#Cc1ccc(N2CCC(CN)CC2)cc1Cl. The standard InChI is InChI=1S/C13H16ClN3/c14-13-7-12(2-1-11(13)9-16)17-5-3-10(8-15)4-6-17/h1-2,7,10H,3-6,8,15H2. The molecule has 1 fully saturated rings. The highest BCUT2D eigenvalue weighted by Gasteiger charge is 2.18. The lowest BCUT2D eigenvalue weighted by Gasteiger charge is -2.33. The normalized spacial score (nSPS) is 16.9. The number of piperidine rings is 1. The molecule has 1 aliphatic heterocycles. The zero-order valence-electron chi connectivity index (χ0n) is 9.69. The first kappa shape index (κ1) is 12.2. The number of nitrogens with two attached hydrogens (primary N) is 1. The molecule has 0 bridgehead atoms. The molecule has 1 saturated heterocycles. The summed E-state index contributed by atoms with van der Waals surface area (Å²) in [7, 11) is 0. The number of rotatable bonds is 2. The first-order chi connectivity index (χ1) is 8.24. The molecule has 1 aromatic rings. The molecule has 0 amide bonds. The first-order valence-electron chi connectivity index (χ1n) is 5.89. The van der Waals surface area contributed by atoms with Crippen molar-refractivity contribution < 1.29 is 0 Å². The van der Waals surface area contributed by atoms with Crippen LogP contribution in [0.3, 0.4) is 0 Å². The van der Waals surface area contributed by atoms with E-state index < -0.39 is 0 Å². The molecule has 17 heavy (non-hydrogen) atoms. The summed E-state index contributed by atoms with van der Waals surface area (Å²) < 4.78 is 0. The number of hydrogen-bond acceptors (Lipinski definition) is 3. The summed E-state index contributed by atoms with van der Waals surface area (Å²) in [5.41, 5.74) is 7.31. The highest BCUT2D eigenvalue weighted by atomic mass is 35.5. The third-order valence-electron chi connectivity index (χ3n) is 3.39. The number of nitriles is 1. The molecule has 0 spiro atoms. The molecule has 4 heteroatoms. The smallest absolute Gasteiger partial charge is 0.101 e. The molecule has 0 radical (unpaired) electrons. The second kappa shape index (κ2) is 5.39. The van der Waals surface area contributed by atoms with E-state index in [1.807, 2.05) is 12.1 Å². The van der Waals surface area contributed by atoms with Crippen LogP contribution in [0.5, 0.6) is 0 Å². The molecule has 2 N–H and O–H groups in total. The maximum absolute atomic E-state index is 8.82. The van der Waals surface area contributed by atoms with Gasteiger partial charge < -0.3 is 10.6 Å². The molecule has 1 aliphatic rings. The predicted octanol–water partition coefficient (Wildman–Crippen LogP) is 2.39. The van der Waals surface area contributed by atoms with E-state index in [-0.39, 0.29) is 0 Å². The van der Waals surface area contributed by atoms with Crippen molar-refractivity contribution in [2.45, 2.75) is 12.8 Å². The van der Waals surface area contributed by atoms with Gasteiger partial charge in [0.15, 0.2) is 0 Å². The van der Waals surface area contributed by atoms with Crippen LogP contribution in [0.4, 0.5) is 5.69 Å². The fraction of sp³-hybridized carbons (Fsp3) is 0.462. The van der Waals surface area contributed by atoms with Crippen molar-refractivity contribution in [2.75, 3.05) is 24.5 Å². The van der Waals surface area contributed by atoms with Crippen molar-refractivity contribution >= 4 is 17.3 Å². The maximum atomic E-state index is 8.82. The molecule has 0 saturated carbocycles. The largest absolute Gasteiger partial charge is 0.371 e. The Morgan fingerprint density at radius 1 is 1.41 bits per heavy atom.